The van der Waals surface area contributed by atoms with E-state index in [0.29, 0.717) is 0 Å². The van der Waals surface area contributed by atoms with E-state index in [1.54, 1.807) is 6.92 Å². The summed E-state index contributed by atoms with van der Waals surface area (Å²) in [5.41, 5.74) is 0. The highest BCUT2D eigenvalue weighted by atomic mass is 16.6. The first-order valence-electron chi connectivity index (χ1n) is 5.94. The lowest BCUT2D eigenvalue weighted by molar-refractivity contribution is -0.222. The molecule has 108 valence electrons. The summed E-state index contributed by atoms with van der Waals surface area (Å²) < 4.78 is 20.6. The van der Waals surface area contributed by atoms with Gasteiger partial charge < -0.3 is 18.9 Å². The van der Waals surface area contributed by atoms with Crippen molar-refractivity contribution in [2.75, 3.05) is 6.61 Å². The largest absolute Gasteiger partial charge is 0.456 e. The standard InChI is InChI=1S/C12H18O7/c1-6-11(18-8(3)14)12(19-9(4)15)10(5-16-6)17-7(2)13/h6,10-12H,5H2,1-4H3/t6-,10+,11?,12-/m0/s1. The third kappa shape index (κ3) is 4.51. The lowest BCUT2D eigenvalue weighted by atomic mass is 10.0. The van der Waals surface area contributed by atoms with Gasteiger partial charge in [0.05, 0.1) is 12.7 Å². The van der Waals surface area contributed by atoms with Crippen LogP contribution in [0.4, 0.5) is 0 Å². The van der Waals surface area contributed by atoms with Crippen molar-refractivity contribution in [3.63, 3.8) is 0 Å². The lowest BCUT2D eigenvalue weighted by Crippen LogP contribution is -2.56. The van der Waals surface area contributed by atoms with E-state index in [2.05, 4.69) is 0 Å². The van der Waals surface area contributed by atoms with E-state index < -0.39 is 42.3 Å². The molecule has 7 heteroatoms. The molecule has 0 aromatic rings. The summed E-state index contributed by atoms with van der Waals surface area (Å²) in [6.07, 6.45) is -2.92. The molecular formula is C12H18O7. The smallest absolute Gasteiger partial charge is 0.303 e. The van der Waals surface area contributed by atoms with Gasteiger partial charge in [-0.25, -0.2) is 0 Å². The van der Waals surface area contributed by atoms with Gasteiger partial charge in [0.15, 0.2) is 18.3 Å². The average Bonchev–Trinajstić information content (AvgIpc) is 2.25. The van der Waals surface area contributed by atoms with Gasteiger partial charge in [-0.3, -0.25) is 14.4 Å². The van der Waals surface area contributed by atoms with Crippen LogP contribution in [0.25, 0.3) is 0 Å². The molecule has 19 heavy (non-hydrogen) atoms. The molecule has 1 saturated heterocycles. The average molecular weight is 274 g/mol. The molecule has 0 spiro atoms. The molecule has 7 nitrogen and oxygen atoms in total. The molecule has 4 atom stereocenters. The summed E-state index contributed by atoms with van der Waals surface area (Å²) in [4.78, 5) is 33.3. The molecule has 0 bridgehead atoms. The first kappa shape index (κ1) is 15.4. The van der Waals surface area contributed by atoms with Crippen LogP contribution in [0.1, 0.15) is 27.7 Å². The molecule has 0 aromatic heterocycles. The first-order valence-corrected chi connectivity index (χ1v) is 5.94. The fourth-order valence-corrected chi connectivity index (χ4v) is 1.92. The molecule has 1 aliphatic rings. The van der Waals surface area contributed by atoms with Crippen molar-refractivity contribution >= 4 is 17.9 Å². The third-order valence-corrected chi connectivity index (χ3v) is 2.60. The van der Waals surface area contributed by atoms with Crippen molar-refractivity contribution < 1.29 is 33.3 Å². The monoisotopic (exact) mass is 274 g/mol. The molecule has 1 aliphatic heterocycles. The zero-order valence-corrected chi connectivity index (χ0v) is 11.4. The van der Waals surface area contributed by atoms with Crippen molar-refractivity contribution in [2.24, 2.45) is 0 Å². The molecule has 0 amide bonds. The second-order valence-electron chi connectivity index (χ2n) is 4.33. The van der Waals surface area contributed by atoms with Gasteiger partial charge in [-0.05, 0) is 6.92 Å². The van der Waals surface area contributed by atoms with E-state index in [1.165, 1.54) is 20.8 Å². The van der Waals surface area contributed by atoms with Gasteiger partial charge in [0.25, 0.3) is 0 Å². The topological polar surface area (TPSA) is 88.1 Å². The van der Waals surface area contributed by atoms with E-state index in [0.717, 1.165) is 0 Å². The molecule has 1 heterocycles. The Balaban J connectivity index is 2.89. The molecule has 0 saturated carbocycles. The number of esters is 3. The number of ether oxygens (including phenoxy) is 4. The normalized spacial score (nSPS) is 30.3. The number of carbonyl (C=O) groups excluding carboxylic acids is 3. The molecule has 0 N–H and O–H groups in total. The van der Waals surface area contributed by atoms with Crippen LogP contribution in [0.5, 0.6) is 0 Å². The molecule has 1 unspecified atom stereocenters. The number of hydrogen-bond donors (Lipinski definition) is 0. The summed E-state index contributed by atoms with van der Waals surface area (Å²) in [6, 6.07) is 0. The van der Waals surface area contributed by atoms with E-state index in [9.17, 15) is 14.4 Å². The second kappa shape index (κ2) is 6.51. The molecule has 1 rings (SSSR count). The lowest BCUT2D eigenvalue weighted by Gasteiger charge is -2.39. The molecule has 0 radical (unpaired) electrons. The highest BCUT2D eigenvalue weighted by Gasteiger charge is 2.44. The van der Waals surface area contributed by atoms with Gasteiger partial charge in [0, 0.05) is 20.8 Å². The Kier molecular flexibility index (Phi) is 5.29. The van der Waals surface area contributed by atoms with E-state index >= 15 is 0 Å². The number of carbonyl (C=O) groups is 3. The summed E-state index contributed by atoms with van der Waals surface area (Å²) in [6.45, 7) is 5.48. The zero-order chi connectivity index (χ0) is 14.6. The predicted molar refractivity (Wildman–Crippen MR) is 62.1 cm³/mol. The first-order chi connectivity index (χ1) is 8.81. The van der Waals surface area contributed by atoms with Crippen LogP contribution in [0, 0.1) is 0 Å². The van der Waals surface area contributed by atoms with Crippen LogP contribution >= 0.6 is 0 Å². The van der Waals surface area contributed by atoms with Gasteiger partial charge in [-0.15, -0.1) is 0 Å². The van der Waals surface area contributed by atoms with Crippen molar-refractivity contribution in [3.8, 4) is 0 Å². The van der Waals surface area contributed by atoms with Crippen LogP contribution < -0.4 is 0 Å². The van der Waals surface area contributed by atoms with E-state index in [1.807, 2.05) is 0 Å². The summed E-state index contributed by atoms with van der Waals surface area (Å²) >= 11 is 0. The van der Waals surface area contributed by atoms with Crippen LogP contribution in [-0.4, -0.2) is 48.9 Å². The molecule has 0 aliphatic carbocycles. The molecular weight excluding hydrogens is 256 g/mol. The zero-order valence-electron chi connectivity index (χ0n) is 11.4. The van der Waals surface area contributed by atoms with Gasteiger partial charge in [-0.2, -0.15) is 0 Å². The van der Waals surface area contributed by atoms with Crippen molar-refractivity contribution in [1.29, 1.82) is 0 Å². The SMILES string of the molecule is CC(=O)OC1[C@H](C)OC[C@@H](OC(C)=O)[C@@H]1OC(C)=O. The van der Waals surface area contributed by atoms with Gasteiger partial charge in [0.2, 0.25) is 0 Å². The Morgan fingerprint density at radius 3 is 1.84 bits per heavy atom. The van der Waals surface area contributed by atoms with Crippen LogP contribution in [0.15, 0.2) is 0 Å². The van der Waals surface area contributed by atoms with E-state index in [-0.39, 0.29) is 6.61 Å². The summed E-state index contributed by atoms with van der Waals surface area (Å²) in [5, 5.41) is 0. The van der Waals surface area contributed by atoms with Crippen molar-refractivity contribution in [2.45, 2.75) is 52.1 Å². The van der Waals surface area contributed by atoms with Gasteiger partial charge >= 0.3 is 17.9 Å². The quantitative estimate of drug-likeness (QED) is 0.536. The van der Waals surface area contributed by atoms with Crippen LogP contribution in [0.3, 0.4) is 0 Å². The Morgan fingerprint density at radius 2 is 1.37 bits per heavy atom. The minimum atomic E-state index is -0.867. The fraction of sp³-hybridized carbons (Fsp3) is 0.750. The van der Waals surface area contributed by atoms with Gasteiger partial charge in [-0.1, -0.05) is 0 Å². The van der Waals surface area contributed by atoms with Crippen LogP contribution in [0.2, 0.25) is 0 Å². The predicted octanol–water partition coefficient (Wildman–Crippen LogP) is 0.200. The number of rotatable bonds is 3. The van der Waals surface area contributed by atoms with E-state index in [4.69, 9.17) is 18.9 Å². The number of hydrogen-bond acceptors (Lipinski definition) is 7. The maximum absolute atomic E-state index is 11.1. The highest BCUT2D eigenvalue weighted by Crippen LogP contribution is 2.24. The Labute approximate surface area is 111 Å². The summed E-state index contributed by atoms with van der Waals surface area (Å²) in [5.74, 6) is -1.60. The molecule has 1 fully saturated rings. The Morgan fingerprint density at radius 1 is 0.895 bits per heavy atom. The molecule has 0 aromatic carbocycles. The maximum Gasteiger partial charge on any atom is 0.303 e. The van der Waals surface area contributed by atoms with Crippen molar-refractivity contribution in [1.82, 2.24) is 0 Å². The minimum Gasteiger partial charge on any atom is -0.456 e. The minimum absolute atomic E-state index is 0.0798. The Hall–Kier alpha value is -1.63. The third-order valence-electron chi connectivity index (χ3n) is 2.60. The fourth-order valence-electron chi connectivity index (χ4n) is 1.92. The van der Waals surface area contributed by atoms with Crippen LogP contribution in [-0.2, 0) is 33.3 Å². The summed E-state index contributed by atoms with van der Waals surface area (Å²) in [7, 11) is 0. The van der Waals surface area contributed by atoms with Crippen molar-refractivity contribution in [3.05, 3.63) is 0 Å². The second-order valence-corrected chi connectivity index (χ2v) is 4.33. The maximum atomic E-state index is 11.1. The Bertz CT molecular complexity index is 365. The highest BCUT2D eigenvalue weighted by molar-refractivity contribution is 5.68. The van der Waals surface area contributed by atoms with Gasteiger partial charge in [0.1, 0.15) is 0 Å².